The molecule has 1 atom stereocenters. The minimum absolute atomic E-state index is 0.148. The van der Waals surface area contributed by atoms with E-state index in [-0.39, 0.29) is 12.2 Å². The third-order valence-electron chi connectivity index (χ3n) is 2.52. The number of halogens is 3. The molecule has 0 aromatic heterocycles. The Morgan fingerprint density at radius 3 is 2.56 bits per heavy atom. The van der Waals surface area contributed by atoms with Gasteiger partial charge in [0.2, 0.25) is 0 Å². The molecule has 0 saturated heterocycles. The van der Waals surface area contributed by atoms with Crippen LogP contribution in [-0.4, -0.2) is 19.0 Å². The summed E-state index contributed by atoms with van der Waals surface area (Å²) < 4.78 is 38.3. The number of rotatable bonds is 5. The number of hydrogen-bond acceptors (Lipinski definition) is 1. The lowest BCUT2D eigenvalue weighted by molar-refractivity contribution is 0.0990. The second-order valence-corrected chi connectivity index (χ2v) is 3.77. The van der Waals surface area contributed by atoms with Gasteiger partial charge in [0.1, 0.15) is 5.82 Å². The van der Waals surface area contributed by atoms with Gasteiger partial charge in [0.05, 0.1) is 6.04 Å². The van der Waals surface area contributed by atoms with Crippen molar-refractivity contribution in [2.24, 2.45) is 0 Å². The first-order valence-electron chi connectivity index (χ1n) is 5.31. The molecule has 4 heteroatoms. The highest BCUT2D eigenvalue weighted by Crippen LogP contribution is 2.15. The summed E-state index contributed by atoms with van der Waals surface area (Å²) >= 11 is 0. The molecular weight excluding hydrogens is 215 g/mol. The lowest BCUT2D eigenvalue weighted by Gasteiger charge is -2.18. The van der Waals surface area contributed by atoms with E-state index in [1.807, 2.05) is 0 Å². The summed E-state index contributed by atoms with van der Waals surface area (Å²) in [6, 6.07) is 3.36. The predicted molar refractivity (Wildman–Crippen MR) is 58.3 cm³/mol. The van der Waals surface area contributed by atoms with Crippen LogP contribution in [0.15, 0.2) is 18.2 Å². The van der Waals surface area contributed by atoms with E-state index in [2.05, 4.69) is 5.32 Å². The molecule has 1 unspecified atom stereocenters. The quantitative estimate of drug-likeness (QED) is 0.821. The predicted octanol–water partition coefficient (Wildman–Crippen LogP) is 2.92. The molecule has 90 valence electrons. The molecule has 1 aromatic rings. The van der Waals surface area contributed by atoms with Gasteiger partial charge in [-0.3, -0.25) is 0 Å². The highest BCUT2D eigenvalue weighted by Gasteiger charge is 2.20. The van der Waals surface area contributed by atoms with Gasteiger partial charge in [0.15, 0.2) is 0 Å². The highest BCUT2D eigenvalue weighted by atomic mass is 19.3. The summed E-state index contributed by atoms with van der Waals surface area (Å²) in [6.45, 7) is 4.04. The summed E-state index contributed by atoms with van der Waals surface area (Å²) in [4.78, 5) is 0. The Labute approximate surface area is 93.7 Å². The van der Waals surface area contributed by atoms with Crippen molar-refractivity contribution in [3.05, 3.63) is 35.1 Å². The normalized spacial score (nSPS) is 13.1. The maximum absolute atomic E-state index is 13.0. The van der Waals surface area contributed by atoms with Crippen LogP contribution in [-0.2, 0) is 6.42 Å². The van der Waals surface area contributed by atoms with Crippen molar-refractivity contribution < 1.29 is 13.2 Å². The van der Waals surface area contributed by atoms with Gasteiger partial charge in [-0.25, -0.2) is 13.2 Å². The topological polar surface area (TPSA) is 12.0 Å². The zero-order valence-electron chi connectivity index (χ0n) is 9.43. The monoisotopic (exact) mass is 231 g/mol. The fourth-order valence-electron chi connectivity index (χ4n) is 1.61. The molecule has 1 nitrogen and oxygen atoms in total. The van der Waals surface area contributed by atoms with Crippen LogP contribution in [0.3, 0.4) is 0 Å². The van der Waals surface area contributed by atoms with E-state index in [9.17, 15) is 13.2 Å². The van der Waals surface area contributed by atoms with E-state index in [0.29, 0.717) is 12.1 Å². The second kappa shape index (κ2) is 5.89. The number of likely N-dealkylation sites (N-methyl/N-ethyl adjacent to an activating group) is 1. The van der Waals surface area contributed by atoms with Crippen LogP contribution in [0.1, 0.15) is 18.1 Å². The first-order valence-corrected chi connectivity index (χ1v) is 5.31. The Morgan fingerprint density at radius 1 is 1.31 bits per heavy atom. The van der Waals surface area contributed by atoms with Crippen molar-refractivity contribution in [1.29, 1.82) is 0 Å². The van der Waals surface area contributed by atoms with Gasteiger partial charge in [-0.1, -0.05) is 13.0 Å². The highest BCUT2D eigenvalue weighted by molar-refractivity contribution is 5.27. The number of nitrogens with one attached hydrogen (secondary N) is 1. The molecule has 0 saturated carbocycles. The van der Waals surface area contributed by atoms with Crippen LogP contribution in [0.5, 0.6) is 0 Å². The van der Waals surface area contributed by atoms with Crippen molar-refractivity contribution in [3.63, 3.8) is 0 Å². The van der Waals surface area contributed by atoms with Crippen LogP contribution in [0.25, 0.3) is 0 Å². The zero-order chi connectivity index (χ0) is 12.1. The summed E-state index contributed by atoms with van der Waals surface area (Å²) in [7, 11) is 0. The van der Waals surface area contributed by atoms with Gasteiger partial charge in [-0.05, 0) is 43.1 Å². The van der Waals surface area contributed by atoms with Crippen LogP contribution in [0.2, 0.25) is 0 Å². The Hall–Kier alpha value is -1.03. The van der Waals surface area contributed by atoms with Crippen molar-refractivity contribution >= 4 is 0 Å². The SMILES string of the molecule is CCNC(Cc1cc(F)ccc1C)C(F)F. The summed E-state index contributed by atoms with van der Waals surface area (Å²) in [5.41, 5.74) is 1.47. The van der Waals surface area contributed by atoms with E-state index in [0.717, 1.165) is 5.56 Å². The number of hydrogen-bond donors (Lipinski definition) is 1. The third-order valence-corrected chi connectivity index (χ3v) is 2.52. The molecule has 0 radical (unpaired) electrons. The zero-order valence-corrected chi connectivity index (χ0v) is 9.43. The average Bonchev–Trinajstić information content (AvgIpc) is 2.22. The van der Waals surface area contributed by atoms with Crippen molar-refractivity contribution in [2.75, 3.05) is 6.54 Å². The summed E-state index contributed by atoms with van der Waals surface area (Å²) in [6.07, 6.45) is -2.29. The molecule has 1 rings (SSSR count). The molecule has 0 aliphatic carbocycles. The van der Waals surface area contributed by atoms with E-state index in [1.165, 1.54) is 12.1 Å². The van der Waals surface area contributed by atoms with Crippen LogP contribution >= 0.6 is 0 Å². The molecule has 0 spiro atoms. The second-order valence-electron chi connectivity index (χ2n) is 3.77. The van der Waals surface area contributed by atoms with E-state index < -0.39 is 12.5 Å². The Morgan fingerprint density at radius 2 is 2.00 bits per heavy atom. The van der Waals surface area contributed by atoms with Crippen LogP contribution < -0.4 is 5.32 Å². The Balaban J connectivity index is 2.80. The molecule has 0 aliphatic heterocycles. The summed E-state index contributed by atoms with van der Waals surface area (Å²) in [5.74, 6) is -0.384. The molecule has 0 amide bonds. The lowest BCUT2D eigenvalue weighted by atomic mass is 10.0. The molecule has 0 fully saturated rings. The fraction of sp³-hybridized carbons (Fsp3) is 0.500. The van der Waals surface area contributed by atoms with E-state index in [4.69, 9.17) is 0 Å². The minimum Gasteiger partial charge on any atom is -0.309 e. The van der Waals surface area contributed by atoms with E-state index in [1.54, 1.807) is 19.9 Å². The molecule has 16 heavy (non-hydrogen) atoms. The Bertz CT molecular complexity index is 339. The minimum atomic E-state index is -2.44. The standard InChI is InChI=1S/C12H16F3N/c1-3-16-11(12(14)15)7-9-6-10(13)5-4-8(9)2/h4-6,11-12,16H,3,7H2,1-2H3. The third kappa shape index (κ3) is 3.52. The number of alkyl halides is 2. The average molecular weight is 231 g/mol. The van der Waals surface area contributed by atoms with Gasteiger partial charge >= 0.3 is 0 Å². The molecule has 0 bridgehead atoms. The van der Waals surface area contributed by atoms with Gasteiger partial charge in [-0.2, -0.15) is 0 Å². The van der Waals surface area contributed by atoms with Gasteiger partial charge in [0, 0.05) is 0 Å². The fourth-order valence-corrected chi connectivity index (χ4v) is 1.61. The maximum Gasteiger partial charge on any atom is 0.254 e. The lowest BCUT2D eigenvalue weighted by Crippen LogP contribution is -2.37. The number of aryl methyl sites for hydroxylation is 1. The first-order chi connectivity index (χ1) is 7.54. The summed E-state index contributed by atoms with van der Waals surface area (Å²) in [5, 5.41) is 2.70. The van der Waals surface area contributed by atoms with Crippen molar-refractivity contribution in [1.82, 2.24) is 5.32 Å². The first kappa shape index (κ1) is 13.0. The molecule has 0 aliphatic rings. The van der Waals surface area contributed by atoms with Crippen molar-refractivity contribution in [3.8, 4) is 0 Å². The van der Waals surface area contributed by atoms with Crippen LogP contribution in [0.4, 0.5) is 13.2 Å². The number of benzene rings is 1. The van der Waals surface area contributed by atoms with Gasteiger partial charge in [0.25, 0.3) is 6.43 Å². The molecule has 1 N–H and O–H groups in total. The largest absolute Gasteiger partial charge is 0.309 e. The van der Waals surface area contributed by atoms with Gasteiger partial charge in [-0.15, -0.1) is 0 Å². The Kier molecular flexibility index (Phi) is 4.80. The van der Waals surface area contributed by atoms with Crippen molar-refractivity contribution in [2.45, 2.75) is 32.7 Å². The van der Waals surface area contributed by atoms with Crippen LogP contribution in [0, 0.1) is 12.7 Å². The van der Waals surface area contributed by atoms with E-state index >= 15 is 0 Å². The smallest absolute Gasteiger partial charge is 0.254 e. The molecule has 0 heterocycles. The van der Waals surface area contributed by atoms with Gasteiger partial charge < -0.3 is 5.32 Å². The maximum atomic E-state index is 13.0. The molecular formula is C12H16F3N. The molecule has 1 aromatic carbocycles.